The van der Waals surface area contributed by atoms with Gasteiger partial charge >= 0.3 is 35.3 Å². The van der Waals surface area contributed by atoms with Crippen LogP contribution in [0.4, 0.5) is 48.3 Å². The fourth-order valence-electron chi connectivity index (χ4n) is 3.38. The van der Waals surface area contributed by atoms with Crippen LogP contribution in [0, 0.1) is 0 Å². The molecule has 0 aromatic rings. The van der Waals surface area contributed by atoms with Crippen molar-refractivity contribution in [1.82, 2.24) is 0 Å². The van der Waals surface area contributed by atoms with Crippen molar-refractivity contribution < 1.29 is 68.0 Å². The summed E-state index contributed by atoms with van der Waals surface area (Å²) in [5.41, 5.74) is -18.8. The highest BCUT2D eigenvalue weighted by Crippen LogP contribution is 2.75. The van der Waals surface area contributed by atoms with Gasteiger partial charge in [0.1, 0.15) is 6.67 Å². The molecule has 2 bridgehead atoms. The molecule has 2 N–H and O–H groups in total. The van der Waals surface area contributed by atoms with Gasteiger partial charge in [-0.15, -0.1) is 0 Å². The molecule has 2 fully saturated rings. The highest BCUT2D eigenvalue weighted by molar-refractivity contribution is 5.82. The maximum atomic E-state index is 14.6. The predicted octanol–water partition coefficient (Wildman–Crippen LogP) is 2.48. The summed E-state index contributed by atoms with van der Waals surface area (Å²) in [6, 6.07) is 0. The minimum atomic E-state index is -7.10. The van der Waals surface area contributed by atoms with E-state index in [9.17, 15) is 58.2 Å². The molecule has 0 amide bonds. The minimum Gasteiger partial charge on any atom is -0.436 e. The lowest BCUT2D eigenvalue weighted by atomic mass is 9.52. The highest BCUT2D eigenvalue weighted by Gasteiger charge is 3.07. The molecule has 0 spiro atoms. The maximum absolute atomic E-state index is 14.6. The number of carbonyl (C=O) groups is 1. The lowest BCUT2D eigenvalue weighted by Crippen LogP contribution is -2.97. The Hall–Kier alpha value is -1.64. The number of ether oxygens (including phenoxy) is 1. The number of alkyl halides is 11. The Morgan fingerprint density at radius 3 is 1.75 bits per heavy atom. The zero-order chi connectivity index (χ0) is 22.4. The molecule has 4 atom stereocenters. The molecule has 2 aliphatic rings. The quantitative estimate of drug-likeness (QED) is 0.404. The van der Waals surface area contributed by atoms with Crippen LogP contribution in [0.15, 0.2) is 12.7 Å². The summed E-state index contributed by atoms with van der Waals surface area (Å²) in [6.45, 7) is -1.19. The Balaban J connectivity index is 3.14. The number of halogens is 11. The van der Waals surface area contributed by atoms with Crippen LogP contribution in [-0.4, -0.2) is 69.3 Å². The molecule has 0 aliphatic heterocycles. The molecule has 0 heterocycles. The first-order valence-corrected chi connectivity index (χ1v) is 6.97. The Morgan fingerprint density at radius 1 is 0.893 bits per heavy atom. The first-order valence-electron chi connectivity index (χ1n) is 6.97. The van der Waals surface area contributed by atoms with Crippen LogP contribution in [0.25, 0.3) is 0 Å². The number of rotatable bonds is 3. The molecule has 0 aromatic heterocycles. The van der Waals surface area contributed by atoms with Gasteiger partial charge in [0, 0.05) is 6.08 Å². The summed E-state index contributed by atoms with van der Waals surface area (Å²) in [5, 5.41) is 18.6. The van der Waals surface area contributed by atoms with Gasteiger partial charge in [-0.1, -0.05) is 6.58 Å². The molecular formula is C13H9F11O4. The van der Waals surface area contributed by atoms with E-state index in [1.165, 1.54) is 0 Å². The normalized spacial score (nSPS) is 45.2. The van der Waals surface area contributed by atoms with E-state index < -0.39 is 65.5 Å². The minimum absolute atomic E-state index is 0.343. The average molecular weight is 438 g/mol. The fourth-order valence-corrected chi connectivity index (χ4v) is 3.38. The van der Waals surface area contributed by atoms with E-state index in [-0.39, 0.29) is 6.08 Å². The van der Waals surface area contributed by atoms with Crippen LogP contribution in [0.5, 0.6) is 0 Å². The van der Waals surface area contributed by atoms with Gasteiger partial charge in [0.2, 0.25) is 5.60 Å². The van der Waals surface area contributed by atoms with E-state index in [0.717, 1.165) is 0 Å². The standard InChI is InChI=1S/C13H9F11O4/c1-2-5(25)28-9-11(19,20)6(15,4-14)10(17,18)7(26,12(9,21)22)3-8(16,27)13(9,23)24/h2,26-27H,1,3-4H2. The average Bonchev–Trinajstić information content (AvgIpc) is 2.54. The van der Waals surface area contributed by atoms with E-state index >= 15 is 0 Å². The number of esters is 1. The molecule has 4 nitrogen and oxygen atoms in total. The third-order valence-electron chi connectivity index (χ3n) is 4.94. The van der Waals surface area contributed by atoms with Gasteiger partial charge in [-0.05, 0) is 0 Å². The van der Waals surface area contributed by atoms with Gasteiger partial charge < -0.3 is 14.9 Å². The lowest BCUT2D eigenvalue weighted by Gasteiger charge is -2.66. The van der Waals surface area contributed by atoms with Gasteiger partial charge in [0.25, 0.3) is 11.5 Å². The van der Waals surface area contributed by atoms with Crippen molar-refractivity contribution in [3.05, 3.63) is 12.7 Å². The number of fused-ring (bicyclic) bond motifs is 2. The van der Waals surface area contributed by atoms with E-state index in [0.29, 0.717) is 0 Å². The van der Waals surface area contributed by atoms with E-state index in [4.69, 9.17) is 5.11 Å². The van der Waals surface area contributed by atoms with E-state index in [1.807, 2.05) is 0 Å². The molecule has 4 unspecified atom stereocenters. The fraction of sp³-hybridized carbons (Fsp3) is 0.769. The van der Waals surface area contributed by atoms with Crippen LogP contribution in [0.1, 0.15) is 6.42 Å². The third kappa shape index (κ3) is 1.78. The van der Waals surface area contributed by atoms with Gasteiger partial charge in [-0.25, -0.2) is 18.0 Å². The summed E-state index contributed by atoms with van der Waals surface area (Å²) in [5.74, 6) is -35.7. The smallest absolute Gasteiger partial charge is 0.356 e. The van der Waals surface area contributed by atoms with Crippen LogP contribution in [-0.2, 0) is 9.53 Å². The molecule has 15 heteroatoms. The summed E-state index contributed by atoms with van der Waals surface area (Å²) < 4.78 is 160. The van der Waals surface area contributed by atoms with Crippen LogP contribution in [0.3, 0.4) is 0 Å². The Bertz CT molecular complexity index is 723. The van der Waals surface area contributed by atoms with E-state index in [2.05, 4.69) is 11.3 Å². The maximum Gasteiger partial charge on any atom is 0.356 e. The SMILES string of the molecule is C=CC(=O)OC12C(F)(F)C(O)(F)CC(O)(C(F)(F)C(F)(CF)C1(F)F)C2(F)F. The van der Waals surface area contributed by atoms with Crippen molar-refractivity contribution in [2.45, 2.75) is 52.8 Å². The molecule has 2 saturated carbocycles. The predicted molar refractivity (Wildman–Crippen MR) is 64.2 cm³/mol. The number of carbonyl (C=O) groups excluding carboxylic acids is 1. The van der Waals surface area contributed by atoms with Gasteiger partial charge in [0.15, 0.2) is 0 Å². The van der Waals surface area contributed by atoms with Crippen molar-refractivity contribution in [2.75, 3.05) is 6.67 Å². The largest absolute Gasteiger partial charge is 0.436 e. The second kappa shape index (κ2) is 5.29. The number of hydrogen-bond acceptors (Lipinski definition) is 4. The van der Waals surface area contributed by atoms with Crippen LogP contribution >= 0.6 is 0 Å². The molecule has 0 radical (unpaired) electrons. The molecule has 2 rings (SSSR count). The molecule has 0 aromatic carbocycles. The lowest BCUT2D eigenvalue weighted by molar-refractivity contribution is -0.535. The molecule has 162 valence electrons. The number of hydrogen-bond donors (Lipinski definition) is 2. The van der Waals surface area contributed by atoms with Crippen LogP contribution < -0.4 is 0 Å². The second-order valence-corrected chi connectivity index (χ2v) is 6.34. The van der Waals surface area contributed by atoms with Crippen molar-refractivity contribution in [1.29, 1.82) is 0 Å². The zero-order valence-corrected chi connectivity index (χ0v) is 13.1. The Kier molecular flexibility index (Phi) is 4.27. The first kappa shape index (κ1) is 22.6. The summed E-state index contributed by atoms with van der Waals surface area (Å²) in [7, 11) is 0. The molecule has 28 heavy (non-hydrogen) atoms. The third-order valence-corrected chi connectivity index (χ3v) is 4.94. The molecule has 2 aliphatic carbocycles. The van der Waals surface area contributed by atoms with Crippen LogP contribution in [0.2, 0.25) is 0 Å². The second-order valence-electron chi connectivity index (χ2n) is 6.34. The van der Waals surface area contributed by atoms with Gasteiger partial charge in [-0.3, -0.25) is 0 Å². The summed E-state index contributed by atoms with van der Waals surface area (Å²) in [6.07, 6.45) is -3.79. The molecular weight excluding hydrogens is 429 g/mol. The summed E-state index contributed by atoms with van der Waals surface area (Å²) >= 11 is 0. The van der Waals surface area contributed by atoms with E-state index in [1.54, 1.807) is 0 Å². The van der Waals surface area contributed by atoms with Crippen molar-refractivity contribution in [3.8, 4) is 0 Å². The van der Waals surface area contributed by atoms with Gasteiger partial charge in [0.05, 0.1) is 6.42 Å². The monoisotopic (exact) mass is 438 g/mol. The Morgan fingerprint density at radius 2 is 1.36 bits per heavy atom. The molecule has 0 saturated heterocycles. The van der Waals surface area contributed by atoms with Crippen molar-refractivity contribution in [2.24, 2.45) is 0 Å². The topological polar surface area (TPSA) is 66.8 Å². The summed E-state index contributed by atoms with van der Waals surface area (Å²) in [4.78, 5) is 11.2. The zero-order valence-electron chi connectivity index (χ0n) is 13.1. The number of aliphatic hydroxyl groups is 2. The van der Waals surface area contributed by atoms with Crippen molar-refractivity contribution in [3.63, 3.8) is 0 Å². The van der Waals surface area contributed by atoms with Gasteiger partial charge in [-0.2, -0.15) is 35.1 Å². The van der Waals surface area contributed by atoms with Crippen molar-refractivity contribution >= 4 is 5.97 Å². The Labute approximate surface area is 147 Å². The highest BCUT2D eigenvalue weighted by atomic mass is 19.3. The first-order chi connectivity index (χ1) is 12.2.